The predicted molar refractivity (Wildman–Crippen MR) is 57.1 cm³/mol. The molecule has 0 atom stereocenters. The summed E-state index contributed by atoms with van der Waals surface area (Å²) in [4.78, 5) is 5.91. The molecule has 2 nitrogen and oxygen atoms in total. The monoisotopic (exact) mass is 266 g/mol. The summed E-state index contributed by atoms with van der Waals surface area (Å²) in [5.41, 5.74) is 0. The zero-order valence-electron chi connectivity index (χ0n) is 7.13. The second kappa shape index (κ2) is 8.04. The average molecular weight is 266 g/mol. The zero-order valence-corrected chi connectivity index (χ0v) is 9.28. The minimum Gasteiger partial charge on any atom is -0.337 e. The van der Waals surface area contributed by atoms with Crippen LogP contribution in [0.4, 0.5) is 0 Å². The third kappa shape index (κ3) is 5.24. The molecule has 0 aromatic carbocycles. The molecule has 0 saturated carbocycles. The van der Waals surface area contributed by atoms with Crippen LogP contribution in [-0.2, 0) is 6.54 Å². The summed E-state index contributed by atoms with van der Waals surface area (Å²) in [5.74, 6) is 0. The van der Waals surface area contributed by atoms with Gasteiger partial charge in [0.25, 0.3) is 0 Å². The maximum absolute atomic E-state index is 3.94. The van der Waals surface area contributed by atoms with Gasteiger partial charge >= 0.3 is 0 Å². The maximum atomic E-state index is 3.94. The molecule has 0 radical (unpaired) electrons. The van der Waals surface area contributed by atoms with Crippen molar-refractivity contribution in [2.24, 2.45) is 0 Å². The Hall–Kier alpha value is -0.0600. The van der Waals surface area contributed by atoms with E-state index in [0.717, 1.165) is 6.54 Å². The van der Waals surface area contributed by atoms with Gasteiger partial charge in [0.1, 0.15) is 0 Å². The van der Waals surface area contributed by atoms with Gasteiger partial charge in [0.15, 0.2) is 0 Å². The largest absolute Gasteiger partial charge is 0.337 e. The highest BCUT2D eigenvalue weighted by Crippen LogP contribution is 1.92. The molecule has 0 spiro atoms. The van der Waals surface area contributed by atoms with E-state index in [1.807, 2.05) is 23.7 Å². The van der Waals surface area contributed by atoms with Crippen LogP contribution in [0.1, 0.15) is 19.8 Å². The average Bonchev–Trinajstić information content (AvgIpc) is 2.57. The first kappa shape index (κ1) is 10.9. The van der Waals surface area contributed by atoms with Crippen LogP contribution >= 0.6 is 22.6 Å². The molecule has 1 aromatic heterocycles. The standard InChI is InChI=1S/C7H12N2.CH3I/c1-2-3-5-9-6-4-8-7-9;1-2/h4,6-7H,2-3,5H2,1H3;1H3. The molecule has 3 heteroatoms. The summed E-state index contributed by atoms with van der Waals surface area (Å²) < 4.78 is 2.10. The van der Waals surface area contributed by atoms with E-state index in [2.05, 4.69) is 39.1 Å². The molecule has 0 bridgehead atoms. The van der Waals surface area contributed by atoms with E-state index in [0.29, 0.717) is 0 Å². The van der Waals surface area contributed by atoms with Crippen molar-refractivity contribution in [2.75, 3.05) is 4.93 Å². The topological polar surface area (TPSA) is 17.8 Å². The summed E-state index contributed by atoms with van der Waals surface area (Å²) in [6, 6.07) is 0. The lowest BCUT2D eigenvalue weighted by Gasteiger charge is -1.96. The lowest BCUT2D eigenvalue weighted by atomic mass is 10.3. The molecule has 0 amide bonds. The molecule has 1 aromatic rings. The van der Waals surface area contributed by atoms with Crippen LogP contribution in [0.15, 0.2) is 18.7 Å². The van der Waals surface area contributed by atoms with Crippen molar-refractivity contribution in [1.82, 2.24) is 9.55 Å². The Bertz CT molecular complexity index is 149. The van der Waals surface area contributed by atoms with Gasteiger partial charge in [0.2, 0.25) is 0 Å². The molecule has 0 aliphatic heterocycles. The van der Waals surface area contributed by atoms with Crippen LogP contribution in [0, 0.1) is 0 Å². The Kier molecular flexibility index (Phi) is 8.00. The number of halogens is 1. The minimum absolute atomic E-state index is 1.11. The van der Waals surface area contributed by atoms with E-state index >= 15 is 0 Å². The Morgan fingerprint density at radius 2 is 2.18 bits per heavy atom. The van der Waals surface area contributed by atoms with E-state index in [9.17, 15) is 0 Å². The normalized spacial score (nSPS) is 8.64. The van der Waals surface area contributed by atoms with Crippen molar-refractivity contribution in [3.63, 3.8) is 0 Å². The van der Waals surface area contributed by atoms with Crippen molar-refractivity contribution in [2.45, 2.75) is 26.3 Å². The molecule has 0 unspecified atom stereocenters. The summed E-state index contributed by atoms with van der Waals surface area (Å²) >= 11 is 2.15. The van der Waals surface area contributed by atoms with Crippen LogP contribution in [0.2, 0.25) is 0 Å². The van der Waals surface area contributed by atoms with Crippen molar-refractivity contribution in [3.05, 3.63) is 18.7 Å². The number of aryl methyl sites for hydroxylation is 1. The number of nitrogens with zero attached hydrogens (tertiary/aromatic N) is 2. The second-order valence-electron chi connectivity index (χ2n) is 2.15. The van der Waals surface area contributed by atoms with Gasteiger partial charge < -0.3 is 4.57 Å². The Morgan fingerprint density at radius 1 is 1.45 bits per heavy atom. The Balaban J connectivity index is 0.000000461. The first-order chi connectivity index (χ1) is 5.43. The molecular formula is C8H15IN2. The van der Waals surface area contributed by atoms with E-state index < -0.39 is 0 Å². The van der Waals surface area contributed by atoms with Gasteiger partial charge in [-0.1, -0.05) is 35.9 Å². The number of alkyl halides is 1. The molecule has 0 N–H and O–H groups in total. The highest BCUT2D eigenvalue weighted by molar-refractivity contribution is 14.1. The first-order valence-electron chi connectivity index (χ1n) is 3.77. The van der Waals surface area contributed by atoms with Crippen molar-refractivity contribution in [3.8, 4) is 0 Å². The quantitative estimate of drug-likeness (QED) is 0.607. The third-order valence-corrected chi connectivity index (χ3v) is 1.33. The van der Waals surface area contributed by atoms with E-state index in [-0.39, 0.29) is 0 Å². The predicted octanol–water partition coefficient (Wildman–Crippen LogP) is 2.73. The van der Waals surface area contributed by atoms with Gasteiger partial charge in [-0.3, -0.25) is 0 Å². The van der Waals surface area contributed by atoms with E-state index in [4.69, 9.17) is 0 Å². The summed E-state index contributed by atoms with van der Waals surface area (Å²) in [6.07, 6.45) is 8.16. The molecule has 0 aliphatic rings. The van der Waals surface area contributed by atoms with Gasteiger partial charge in [-0.2, -0.15) is 0 Å². The highest BCUT2D eigenvalue weighted by Gasteiger charge is 1.85. The number of hydrogen-bond acceptors (Lipinski definition) is 1. The number of unbranched alkanes of at least 4 members (excludes halogenated alkanes) is 1. The number of aromatic nitrogens is 2. The number of imidazole rings is 1. The summed E-state index contributed by atoms with van der Waals surface area (Å²) in [5, 5.41) is 0. The van der Waals surface area contributed by atoms with E-state index in [1.54, 1.807) is 0 Å². The molecule has 0 saturated heterocycles. The molecule has 0 fully saturated rings. The highest BCUT2D eigenvalue weighted by atomic mass is 127. The summed E-state index contributed by atoms with van der Waals surface area (Å²) in [7, 11) is 0. The minimum atomic E-state index is 1.11. The van der Waals surface area contributed by atoms with Gasteiger partial charge in [-0.05, 0) is 11.4 Å². The smallest absolute Gasteiger partial charge is 0.0945 e. The van der Waals surface area contributed by atoms with Crippen molar-refractivity contribution >= 4 is 22.6 Å². The maximum Gasteiger partial charge on any atom is 0.0945 e. The fourth-order valence-corrected chi connectivity index (χ4v) is 0.760. The van der Waals surface area contributed by atoms with Crippen LogP contribution in [-0.4, -0.2) is 14.5 Å². The fraction of sp³-hybridized carbons (Fsp3) is 0.625. The Morgan fingerprint density at radius 3 is 2.64 bits per heavy atom. The van der Waals surface area contributed by atoms with Crippen LogP contribution < -0.4 is 0 Å². The van der Waals surface area contributed by atoms with Gasteiger partial charge in [-0.15, -0.1) is 0 Å². The van der Waals surface area contributed by atoms with Gasteiger partial charge in [0, 0.05) is 18.9 Å². The lowest BCUT2D eigenvalue weighted by molar-refractivity contribution is 0.631. The molecule has 11 heavy (non-hydrogen) atoms. The third-order valence-electron chi connectivity index (χ3n) is 1.33. The lowest BCUT2D eigenvalue weighted by Crippen LogP contribution is -1.92. The fourth-order valence-electron chi connectivity index (χ4n) is 0.760. The van der Waals surface area contributed by atoms with Gasteiger partial charge in [0.05, 0.1) is 6.33 Å². The van der Waals surface area contributed by atoms with Crippen molar-refractivity contribution < 1.29 is 0 Å². The second-order valence-corrected chi connectivity index (χ2v) is 2.15. The Labute approximate surface area is 82.2 Å². The van der Waals surface area contributed by atoms with Crippen LogP contribution in [0.25, 0.3) is 0 Å². The summed E-state index contributed by atoms with van der Waals surface area (Å²) in [6.45, 7) is 3.30. The van der Waals surface area contributed by atoms with Crippen LogP contribution in [0.3, 0.4) is 0 Å². The molecule has 1 heterocycles. The van der Waals surface area contributed by atoms with Gasteiger partial charge in [-0.25, -0.2) is 4.98 Å². The zero-order chi connectivity index (χ0) is 8.53. The first-order valence-corrected chi connectivity index (χ1v) is 5.92. The van der Waals surface area contributed by atoms with Crippen molar-refractivity contribution in [1.29, 1.82) is 0 Å². The molecule has 1 rings (SSSR count). The number of hydrogen-bond donors (Lipinski definition) is 0. The SMILES string of the molecule is CCCCn1ccnc1.CI. The molecular weight excluding hydrogens is 251 g/mol. The molecule has 64 valence electrons. The van der Waals surface area contributed by atoms with E-state index in [1.165, 1.54) is 12.8 Å². The molecule has 0 aliphatic carbocycles. The number of rotatable bonds is 3. The van der Waals surface area contributed by atoms with Crippen LogP contribution in [0.5, 0.6) is 0 Å².